The molecule has 142 valence electrons. The molecule has 0 N–H and O–H groups in total. The van der Waals surface area contributed by atoms with Crippen molar-refractivity contribution in [1.82, 2.24) is 9.80 Å². The first-order valence-electron chi connectivity index (χ1n) is 10.5. The van der Waals surface area contributed by atoms with Gasteiger partial charge < -0.3 is 9.64 Å². The summed E-state index contributed by atoms with van der Waals surface area (Å²) >= 11 is 0. The van der Waals surface area contributed by atoms with Crippen LogP contribution >= 0.6 is 0 Å². The quantitative estimate of drug-likeness (QED) is 0.785. The fraction of sp³-hybridized carbons (Fsp3) is 0.682. The molecule has 0 spiro atoms. The second-order valence-electron chi connectivity index (χ2n) is 8.26. The molecule has 1 aromatic carbocycles. The number of amides is 1. The lowest BCUT2D eigenvalue weighted by atomic mass is 9.84. The topological polar surface area (TPSA) is 32.8 Å². The van der Waals surface area contributed by atoms with Crippen molar-refractivity contribution in [2.24, 2.45) is 5.92 Å². The molecular weight excluding hydrogens is 324 g/mol. The van der Waals surface area contributed by atoms with Gasteiger partial charge in [-0.25, -0.2) is 0 Å². The summed E-state index contributed by atoms with van der Waals surface area (Å²) in [4.78, 5) is 17.0. The molecule has 1 aliphatic carbocycles. The lowest BCUT2D eigenvalue weighted by Gasteiger charge is -2.45. The highest BCUT2D eigenvalue weighted by Crippen LogP contribution is 2.31. The van der Waals surface area contributed by atoms with Crippen molar-refractivity contribution in [3.05, 3.63) is 35.9 Å². The number of carbonyl (C=O) groups excluding carboxylic acids is 1. The van der Waals surface area contributed by atoms with Crippen LogP contribution in [0.3, 0.4) is 0 Å². The Bertz CT molecular complexity index is 581. The number of carbonyl (C=O) groups is 1. The Morgan fingerprint density at radius 1 is 1.00 bits per heavy atom. The monoisotopic (exact) mass is 356 g/mol. The molecule has 1 saturated carbocycles. The number of benzene rings is 1. The second-order valence-corrected chi connectivity index (χ2v) is 8.26. The molecule has 0 unspecified atom stereocenters. The fourth-order valence-corrected chi connectivity index (χ4v) is 4.69. The highest BCUT2D eigenvalue weighted by atomic mass is 16.5. The van der Waals surface area contributed by atoms with E-state index in [1.165, 1.54) is 24.8 Å². The Morgan fingerprint density at radius 3 is 2.46 bits per heavy atom. The molecular formula is C22H32N2O2. The maximum absolute atomic E-state index is 12.4. The summed E-state index contributed by atoms with van der Waals surface area (Å²) in [6.07, 6.45) is 8.69. The van der Waals surface area contributed by atoms with Crippen LogP contribution in [-0.2, 0) is 16.0 Å². The molecule has 2 aliphatic heterocycles. The zero-order chi connectivity index (χ0) is 17.8. The smallest absolute Gasteiger partial charge is 0.248 e. The molecule has 0 radical (unpaired) electrons. The summed E-state index contributed by atoms with van der Waals surface area (Å²) in [5.41, 5.74) is 1.38. The minimum atomic E-state index is 0.183. The van der Waals surface area contributed by atoms with Gasteiger partial charge in [0, 0.05) is 38.1 Å². The van der Waals surface area contributed by atoms with Gasteiger partial charge in [-0.1, -0.05) is 36.8 Å². The second kappa shape index (κ2) is 8.53. The number of rotatable bonds is 6. The lowest BCUT2D eigenvalue weighted by Crippen LogP contribution is -2.51. The third-order valence-corrected chi connectivity index (χ3v) is 6.51. The first-order chi connectivity index (χ1) is 12.8. The summed E-state index contributed by atoms with van der Waals surface area (Å²) in [6, 6.07) is 11.5. The van der Waals surface area contributed by atoms with Crippen molar-refractivity contribution in [3.63, 3.8) is 0 Å². The lowest BCUT2D eigenvalue weighted by molar-refractivity contribution is -0.140. The van der Waals surface area contributed by atoms with Gasteiger partial charge in [0.05, 0.1) is 6.10 Å². The van der Waals surface area contributed by atoms with Crippen LogP contribution in [-0.4, -0.2) is 60.6 Å². The van der Waals surface area contributed by atoms with E-state index in [1.54, 1.807) is 0 Å². The van der Waals surface area contributed by atoms with Crippen LogP contribution in [0.4, 0.5) is 0 Å². The van der Waals surface area contributed by atoms with E-state index in [1.807, 2.05) is 4.90 Å². The SMILES string of the molecule is O=C(CO[C@@H]1CCN(C2CCC2)C[C@H]1Cc1ccccc1)N1CCCC1. The van der Waals surface area contributed by atoms with Crippen LogP contribution in [0.5, 0.6) is 0 Å². The summed E-state index contributed by atoms with van der Waals surface area (Å²) in [7, 11) is 0. The maximum atomic E-state index is 12.4. The first-order valence-corrected chi connectivity index (χ1v) is 10.5. The van der Waals surface area contributed by atoms with Crippen LogP contribution in [0, 0.1) is 5.92 Å². The zero-order valence-electron chi connectivity index (χ0n) is 15.8. The molecule has 0 aromatic heterocycles. The van der Waals surface area contributed by atoms with Gasteiger partial charge in [0.2, 0.25) is 5.91 Å². The summed E-state index contributed by atoms with van der Waals surface area (Å²) in [5.74, 6) is 0.667. The number of likely N-dealkylation sites (tertiary alicyclic amines) is 2. The van der Waals surface area contributed by atoms with Crippen molar-refractivity contribution in [1.29, 1.82) is 0 Å². The Labute approximate surface area is 157 Å². The molecule has 4 heteroatoms. The Hall–Kier alpha value is -1.39. The van der Waals surface area contributed by atoms with E-state index in [0.717, 1.165) is 57.9 Å². The largest absolute Gasteiger partial charge is 0.368 e. The molecule has 3 fully saturated rings. The van der Waals surface area contributed by atoms with E-state index >= 15 is 0 Å². The fourth-order valence-electron chi connectivity index (χ4n) is 4.69. The number of hydrogen-bond donors (Lipinski definition) is 0. The summed E-state index contributed by atoms with van der Waals surface area (Å²) in [5, 5.41) is 0. The number of piperidine rings is 1. The molecule has 3 aliphatic rings. The number of nitrogens with zero attached hydrogens (tertiary/aromatic N) is 2. The minimum Gasteiger partial charge on any atom is -0.368 e. The molecule has 0 bridgehead atoms. The Balaban J connectivity index is 1.36. The standard InChI is InChI=1S/C22H32N2O2/c25-22(23-12-4-5-13-23)17-26-21-11-14-24(20-9-6-10-20)16-19(21)15-18-7-2-1-3-8-18/h1-3,7-8,19-21H,4-6,9-17H2/t19-,21-/m1/s1. The predicted octanol–water partition coefficient (Wildman–Crippen LogP) is 3.11. The van der Waals surface area contributed by atoms with Crippen molar-refractivity contribution in [3.8, 4) is 0 Å². The van der Waals surface area contributed by atoms with Crippen LogP contribution < -0.4 is 0 Å². The van der Waals surface area contributed by atoms with Gasteiger partial charge >= 0.3 is 0 Å². The molecule has 4 nitrogen and oxygen atoms in total. The van der Waals surface area contributed by atoms with Crippen molar-refractivity contribution in [2.75, 3.05) is 32.8 Å². The average Bonchev–Trinajstić information content (AvgIpc) is 3.15. The van der Waals surface area contributed by atoms with Crippen LogP contribution in [0.15, 0.2) is 30.3 Å². The van der Waals surface area contributed by atoms with Gasteiger partial charge in [-0.05, 0) is 44.1 Å². The molecule has 1 amide bonds. The maximum Gasteiger partial charge on any atom is 0.248 e. The molecule has 2 heterocycles. The normalized spacial score (nSPS) is 27.5. The van der Waals surface area contributed by atoms with Gasteiger partial charge in [-0.2, -0.15) is 0 Å². The van der Waals surface area contributed by atoms with Crippen LogP contribution in [0.25, 0.3) is 0 Å². The number of hydrogen-bond acceptors (Lipinski definition) is 3. The van der Waals surface area contributed by atoms with Crippen LogP contribution in [0.1, 0.15) is 44.1 Å². The van der Waals surface area contributed by atoms with E-state index in [9.17, 15) is 4.79 Å². The van der Waals surface area contributed by atoms with Crippen molar-refractivity contribution >= 4 is 5.91 Å². The van der Waals surface area contributed by atoms with E-state index in [0.29, 0.717) is 5.92 Å². The first kappa shape index (κ1) is 18.0. The third kappa shape index (κ3) is 4.29. The molecule has 1 aromatic rings. The van der Waals surface area contributed by atoms with Crippen molar-refractivity contribution < 1.29 is 9.53 Å². The Kier molecular flexibility index (Phi) is 5.91. The van der Waals surface area contributed by atoms with Gasteiger partial charge in [0.1, 0.15) is 6.61 Å². The van der Waals surface area contributed by atoms with E-state index in [4.69, 9.17) is 4.74 Å². The minimum absolute atomic E-state index is 0.183. The number of ether oxygens (including phenoxy) is 1. The van der Waals surface area contributed by atoms with Gasteiger partial charge in [0.15, 0.2) is 0 Å². The van der Waals surface area contributed by atoms with Gasteiger partial charge in [-0.15, -0.1) is 0 Å². The van der Waals surface area contributed by atoms with E-state index in [-0.39, 0.29) is 18.6 Å². The van der Waals surface area contributed by atoms with Crippen molar-refractivity contribution in [2.45, 2.75) is 57.1 Å². The van der Waals surface area contributed by atoms with E-state index in [2.05, 4.69) is 35.2 Å². The molecule has 2 saturated heterocycles. The average molecular weight is 357 g/mol. The molecule has 2 atom stereocenters. The highest BCUT2D eigenvalue weighted by molar-refractivity contribution is 5.77. The zero-order valence-corrected chi connectivity index (χ0v) is 15.8. The van der Waals surface area contributed by atoms with E-state index < -0.39 is 0 Å². The molecule has 26 heavy (non-hydrogen) atoms. The van der Waals surface area contributed by atoms with Gasteiger partial charge in [-0.3, -0.25) is 9.69 Å². The van der Waals surface area contributed by atoms with Gasteiger partial charge in [0.25, 0.3) is 0 Å². The molecule has 4 rings (SSSR count). The summed E-state index contributed by atoms with van der Waals surface area (Å²) in [6.45, 7) is 4.32. The predicted molar refractivity (Wildman–Crippen MR) is 103 cm³/mol. The summed E-state index contributed by atoms with van der Waals surface area (Å²) < 4.78 is 6.20. The third-order valence-electron chi connectivity index (χ3n) is 6.51. The Morgan fingerprint density at radius 2 is 1.77 bits per heavy atom. The highest BCUT2D eigenvalue weighted by Gasteiger charge is 2.35. The van der Waals surface area contributed by atoms with Crippen LogP contribution in [0.2, 0.25) is 0 Å².